The maximum Gasteiger partial charge on any atom is 0.0229 e. The van der Waals surface area contributed by atoms with Crippen LogP contribution in [0.5, 0.6) is 0 Å². The lowest BCUT2D eigenvalue weighted by Crippen LogP contribution is -2.52. The van der Waals surface area contributed by atoms with Crippen molar-refractivity contribution in [3.63, 3.8) is 0 Å². The number of nitrogens with zero attached hydrogens (tertiary/aromatic N) is 1. The van der Waals surface area contributed by atoms with E-state index in [0.29, 0.717) is 6.04 Å². The van der Waals surface area contributed by atoms with E-state index in [1.165, 1.54) is 25.7 Å². The Labute approximate surface area is 107 Å². The minimum Gasteiger partial charge on any atom is -0.312 e. The van der Waals surface area contributed by atoms with Crippen molar-refractivity contribution in [3.05, 3.63) is 12.7 Å². The summed E-state index contributed by atoms with van der Waals surface area (Å²) < 4.78 is 0. The average Bonchev–Trinajstić information content (AvgIpc) is 3.03. The third-order valence-electron chi connectivity index (χ3n) is 3.47. The highest BCUT2D eigenvalue weighted by Gasteiger charge is 2.29. The first-order valence-corrected chi connectivity index (χ1v) is 7.10. The second kappa shape index (κ2) is 6.55. The summed E-state index contributed by atoms with van der Waals surface area (Å²) in [6.45, 7) is 15.2. The molecule has 1 unspecified atom stereocenters. The molecular formula is C15H30N2. The third-order valence-corrected chi connectivity index (χ3v) is 3.47. The predicted octanol–water partition coefficient (Wildman–Crippen LogP) is 3.19. The molecular weight excluding hydrogens is 208 g/mol. The first-order valence-electron chi connectivity index (χ1n) is 7.10. The van der Waals surface area contributed by atoms with Gasteiger partial charge in [0.05, 0.1) is 0 Å². The minimum absolute atomic E-state index is 0.221. The molecule has 0 bridgehead atoms. The predicted molar refractivity (Wildman–Crippen MR) is 76.4 cm³/mol. The van der Waals surface area contributed by atoms with Gasteiger partial charge in [-0.25, -0.2) is 0 Å². The van der Waals surface area contributed by atoms with Crippen LogP contribution in [0.3, 0.4) is 0 Å². The zero-order valence-corrected chi connectivity index (χ0v) is 12.1. The molecule has 1 N–H and O–H groups in total. The molecule has 17 heavy (non-hydrogen) atoms. The Bertz CT molecular complexity index is 226. The van der Waals surface area contributed by atoms with Gasteiger partial charge in [0.15, 0.2) is 0 Å². The van der Waals surface area contributed by atoms with Gasteiger partial charge in [0.25, 0.3) is 0 Å². The molecule has 0 aliphatic heterocycles. The fourth-order valence-corrected chi connectivity index (χ4v) is 2.40. The second-order valence-corrected chi connectivity index (χ2v) is 6.24. The molecule has 100 valence electrons. The Kier molecular flexibility index (Phi) is 5.68. The molecule has 0 saturated heterocycles. The molecule has 0 aromatic heterocycles. The van der Waals surface area contributed by atoms with Crippen LogP contribution < -0.4 is 5.32 Å². The van der Waals surface area contributed by atoms with Crippen molar-refractivity contribution in [2.45, 2.75) is 71.0 Å². The summed E-state index contributed by atoms with van der Waals surface area (Å²) in [6, 6.07) is 1.44. The van der Waals surface area contributed by atoms with Crippen molar-refractivity contribution in [2.24, 2.45) is 0 Å². The van der Waals surface area contributed by atoms with Crippen molar-refractivity contribution < 1.29 is 0 Å². The average molecular weight is 238 g/mol. The zero-order chi connectivity index (χ0) is 12.9. The van der Waals surface area contributed by atoms with Gasteiger partial charge < -0.3 is 5.32 Å². The lowest BCUT2D eigenvalue weighted by atomic mass is 10.00. The van der Waals surface area contributed by atoms with Gasteiger partial charge in [0.1, 0.15) is 0 Å². The van der Waals surface area contributed by atoms with Crippen LogP contribution in [0.4, 0.5) is 0 Å². The van der Waals surface area contributed by atoms with Gasteiger partial charge >= 0.3 is 0 Å². The van der Waals surface area contributed by atoms with Crippen LogP contribution in [0, 0.1) is 0 Å². The molecule has 2 nitrogen and oxygen atoms in total. The Morgan fingerprint density at radius 1 is 1.41 bits per heavy atom. The molecule has 0 spiro atoms. The van der Waals surface area contributed by atoms with E-state index in [0.717, 1.165) is 19.1 Å². The largest absolute Gasteiger partial charge is 0.312 e. The van der Waals surface area contributed by atoms with Crippen LogP contribution in [-0.2, 0) is 0 Å². The highest BCUT2D eigenvalue weighted by molar-refractivity contribution is 4.91. The van der Waals surface area contributed by atoms with Gasteiger partial charge in [-0.15, -0.1) is 6.58 Å². The SMILES string of the molecule is C=CCN(C(CCC)CNC1CC1)C(C)(C)C. The molecule has 1 rings (SSSR count). The standard InChI is InChI=1S/C15H30N2/c1-6-8-14(12-16-13-9-10-13)17(11-7-2)15(3,4)5/h7,13-14,16H,2,6,8-12H2,1,3-5H3. The van der Waals surface area contributed by atoms with Crippen LogP contribution in [0.15, 0.2) is 12.7 Å². The van der Waals surface area contributed by atoms with Gasteiger partial charge in [-0.3, -0.25) is 4.90 Å². The maximum absolute atomic E-state index is 3.90. The quantitative estimate of drug-likeness (QED) is 0.653. The van der Waals surface area contributed by atoms with E-state index < -0.39 is 0 Å². The van der Waals surface area contributed by atoms with Gasteiger partial charge in [-0.2, -0.15) is 0 Å². The first-order chi connectivity index (χ1) is 7.99. The van der Waals surface area contributed by atoms with Crippen LogP contribution in [0.25, 0.3) is 0 Å². The van der Waals surface area contributed by atoms with Crippen molar-refractivity contribution in [1.82, 2.24) is 10.2 Å². The molecule has 2 heteroatoms. The molecule has 1 saturated carbocycles. The minimum atomic E-state index is 0.221. The van der Waals surface area contributed by atoms with Gasteiger partial charge in [-0.1, -0.05) is 19.4 Å². The Morgan fingerprint density at radius 3 is 2.47 bits per heavy atom. The molecule has 0 aromatic carbocycles. The summed E-state index contributed by atoms with van der Waals surface area (Å²) in [5, 5.41) is 3.68. The van der Waals surface area contributed by atoms with Crippen molar-refractivity contribution in [3.8, 4) is 0 Å². The van der Waals surface area contributed by atoms with Crippen LogP contribution >= 0.6 is 0 Å². The van der Waals surface area contributed by atoms with E-state index >= 15 is 0 Å². The van der Waals surface area contributed by atoms with E-state index in [-0.39, 0.29) is 5.54 Å². The van der Waals surface area contributed by atoms with Gasteiger partial charge in [-0.05, 0) is 40.0 Å². The molecule has 1 fully saturated rings. The monoisotopic (exact) mass is 238 g/mol. The smallest absolute Gasteiger partial charge is 0.0229 e. The molecule has 0 amide bonds. The van der Waals surface area contributed by atoms with Crippen LogP contribution in [0.2, 0.25) is 0 Å². The number of nitrogens with one attached hydrogen (secondary N) is 1. The molecule has 1 atom stereocenters. The highest BCUT2D eigenvalue weighted by atomic mass is 15.2. The molecule has 0 heterocycles. The van der Waals surface area contributed by atoms with Gasteiger partial charge in [0.2, 0.25) is 0 Å². The highest BCUT2D eigenvalue weighted by Crippen LogP contribution is 2.22. The summed E-state index contributed by atoms with van der Waals surface area (Å²) >= 11 is 0. The van der Waals surface area contributed by atoms with Crippen LogP contribution in [-0.4, -0.2) is 35.6 Å². The number of hydrogen-bond donors (Lipinski definition) is 1. The summed E-state index contributed by atoms with van der Waals surface area (Å²) in [6.07, 6.45) is 7.29. The lowest BCUT2D eigenvalue weighted by Gasteiger charge is -2.41. The van der Waals surface area contributed by atoms with Crippen molar-refractivity contribution in [2.75, 3.05) is 13.1 Å². The molecule has 1 aliphatic rings. The molecule has 1 aliphatic carbocycles. The summed E-state index contributed by atoms with van der Waals surface area (Å²) in [5.41, 5.74) is 0.221. The Balaban J connectivity index is 2.57. The van der Waals surface area contributed by atoms with Crippen molar-refractivity contribution in [1.29, 1.82) is 0 Å². The fraction of sp³-hybridized carbons (Fsp3) is 0.867. The second-order valence-electron chi connectivity index (χ2n) is 6.24. The summed E-state index contributed by atoms with van der Waals surface area (Å²) in [7, 11) is 0. The van der Waals surface area contributed by atoms with E-state index in [2.05, 4.69) is 44.5 Å². The Hall–Kier alpha value is -0.340. The van der Waals surface area contributed by atoms with E-state index in [9.17, 15) is 0 Å². The topological polar surface area (TPSA) is 15.3 Å². The summed E-state index contributed by atoms with van der Waals surface area (Å²) in [5.74, 6) is 0. The molecule has 0 radical (unpaired) electrons. The molecule has 0 aromatic rings. The number of rotatable bonds is 8. The first kappa shape index (κ1) is 14.7. The Morgan fingerprint density at radius 2 is 2.06 bits per heavy atom. The number of hydrogen-bond acceptors (Lipinski definition) is 2. The van der Waals surface area contributed by atoms with Crippen molar-refractivity contribution >= 4 is 0 Å². The summed E-state index contributed by atoms with van der Waals surface area (Å²) in [4.78, 5) is 2.58. The fourth-order valence-electron chi connectivity index (χ4n) is 2.40. The van der Waals surface area contributed by atoms with Gasteiger partial charge in [0, 0.05) is 30.7 Å². The van der Waals surface area contributed by atoms with E-state index in [1.807, 2.05) is 6.08 Å². The maximum atomic E-state index is 3.90. The lowest BCUT2D eigenvalue weighted by molar-refractivity contribution is 0.0895. The van der Waals surface area contributed by atoms with Crippen LogP contribution in [0.1, 0.15) is 53.4 Å². The normalized spacial score (nSPS) is 18.4. The third kappa shape index (κ3) is 5.22. The van der Waals surface area contributed by atoms with E-state index in [1.54, 1.807) is 0 Å². The zero-order valence-electron chi connectivity index (χ0n) is 12.1. The van der Waals surface area contributed by atoms with E-state index in [4.69, 9.17) is 0 Å².